The molecular weight excluding hydrogens is 329 g/mol. The number of carboxylic acids is 1. The van der Waals surface area contributed by atoms with Crippen molar-refractivity contribution in [2.75, 3.05) is 5.73 Å². The van der Waals surface area contributed by atoms with Gasteiger partial charge in [-0.2, -0.15) is 0 Å². The van der Waals surface area contributed by atoms with Gasteiger partial charge in [-0.3, -0.25) is 4.79 Å². The summed E-state index contributed by atoms with van der Waals surface area (Å²) in [6, 6.07) is 6.88. The minimum atomic E-state index is -1.93. The van der Waals surface area contributed by atoms with Crippen LogP contribution in [0, 0.1) is 0 Å². The van der Waals surface area contributed by atoms with Gasteiger partial charge < -0.3 is 31.3 Å². The summed E-state index contributed by atoms with van der Waals surface area (Å²) in [5.74, 6) is -3.40. The van der Waals surface area contributed by atoms with E-state index in [1.807, 2.05) is 0 Å². The van der Waals surface area contributed by atoms with Gasteiger partial charge in [-0.05, 0) is 30.2 Å². The van der Waals surface area contributed by atoms with Crippen LogP contribution in [0.2, 0.25) is 0 Å². The van der Waals surface area contributed by atoms with Crippen molar-refractivity contribution < 1.29 is 29.9 Å². The summed E-state index contributed by atoms with van der Waals surface area (Å²) in [6.45, 7) is 0. The predicted molar refractivity (Wildman–Crippen MR) is 88.9 cm³/mol. The number of nitrogens with one attached hydrogen (secondary N) is 1. The highest BCUT2D eigenvalue weighted by molar-refractivity contribution is 6.43. The van der Waals surface area contributed by atoms with Gasteiger partial charge in [-0.1, -0.05) is 12.1 Å². The molecule has 0 aliphatic carbocycles. The molecule has 9 nitrogen and oxygen atoms in total. The number of benzene rings is 1. The number of carbonyl (C=O) groups is 2. The summed E-state index contributed by atoms with van der Waals surface area (Å²) in [6.07, 6.45) is 1.03. The topological polar surface area (TPSA) is 166 Å². The fraction of sp³-hybridized carbons (Fsp3) is 0.133. The number of aromatic hydroxyl groups is 1. The monoisotopic (exact) mass is 345 g/mol. The predicted octanol–water partition coefficient (Wildman–Crippen LogP) is -0.579. The lowest BCUT2D eigenvalue weighted by Gasteiger charge is -2.19. The molecule has 25 heavy (non-hydrogen) atoms. The molecule has 1 aromatic carbocycles. The number of aromatic carboxylic acids is 1. The maximum absolute atomic E-state index is 12.2. The number of nitrogens with zero attached hydrogens (tertiary/aromatic N) is 1. The van der Waals surface area contributed by atoms with Crippen LogP contribution in [0.15, 0.2) is 36.5 Å². The highest BCUT2D eigenvalue weighted by Crippen LogP contribution is 2.24. The van der Waals surface area contributed by atoms with Crippen LogP contribution < -0.4 is 11.1 Å². The van der Waals surface area contributed by atoms with Gasteiger partial charge in [-0.15, -0.1) is 0 Å². The van der Waals surface area contributed by atoms with Gasteiger partial charge in [0, 0.05) is 6.20 Å². The first-order valence-corrected chi connectivity index (χ1v) is 7.22. The minimum absolute atomic E-state index is 0.147. The van der Waals surface area contributed by atoms with E-state index in [4.69, 9.17) is 10.8 Å². The molecule has 7 N–H and O–H groups in total. The van der Waals surface area contributed by atoms with E-state index in [1.165, 1.54) is 36.5 Å². The minimum Gasteiger partial charge on any atom is -0.507 e. The number of nitrogen functional groups attached to an aromatic ring is 1. The summed E-state index contributed by atoms with van der Waals surface area (Å²) in [5, 5.41) is 40.4. The largest absolute Gasteiger partial charge is 0.507 e. The normalized spacial score (nSPS) is 11.6. The highest BCUT2D eigenvalue weighted by Gasteiger charge is 2.28. The van der Waals surface area contributed by atoms with Gasteiger partial charge in [0.25, 0.3) is 5.91 Å². The molecule has 2 aromatic rings. The van der Waals surface area contributed by atoms with Gasteiger partial charge >= 0.3 is 13.1 Å². The second-order valence-corrected chi connectivity index (χ2v) is 5.29. The van der Waals surface area contributed by atoms with Crippen molar-refractivity contribution in [1.29, 1.82) is 0 Å². The van der Waals surface area contributed by atoms with Crippen molar-refractivity contribution in [3.8, 4) is 5.75 Å². The molecule has 130 valence electrons. The Morgan fingerprint density at radius 3 is 2.52 bits per heavy atom. The van der Waals surface area contributed by atoms with Crippen LogP contribution in [0.1, 0.15) is 26.3 Å². The Morgan fingerprint density at radius 2 is 1.96 bits per heavy atom. The van der Waals surface area contributed by atoms with Gasteiger partial charge in [0.1, 0.15) is 17.1 Å². The Hall–Kier alpha value is -3.11. The molecule has 0 bridgehead atoms. The maximum Gasteiger partial charge on any atom is 0.475 e. The zero-order valence-corrected chi connectivity index (χ0v) is 13.0. The molecular formula is C15H16BN3O6. The average molecular weight is 345 g/mol. The molecule has 1 unspecified atom stereocenters. The Kier molecular flexibility index (Phi) is 5.58. The standard InChI is InChI=1S/C15H16BN3O6/c17-12-5-4-9(7-18-12)14(21)19-11(16(24)25)6-8-2-1-3-10(13(8)20)15(22)23/h1-5,7,11,20,24-25H,6H2,(H2,17,18)(H,19,21)(H,22,23). The number of rotatable bonds is 6. The zero-order valence-electron chi connectivity index (χ0n) is 13.0. The van der Waals surface area contributed by atoms with Crippen LogP contribution in [0.3, 0.4) is 0 Å². The number of para-hydroxylation sites is 1. The summed E-state index contributed by atoms with van der Waals surface area (Å²) in [5.41, 5.74) is 5.42. The smallest absolute Gasteiger partial charge is 0.475 e. The molecule has 1 amide bonds. The van der Waals surface area contributed by atoms with E-state index in [0.29, 0.717) is 0 Å². The molecule has 0 aliphatic rings. The second kappa shape index (κ2) is 7.64. The van der Waals surface area contributed by atoms with E-state index < -0.39 is 30.7 Å². The van der Waals surface area contributed by atoms with E-state index in [-0.39, 0.29) is 28.9 Å². The van der Waals surface area contributed by atoms with E-state index in [2.05, 4.69) is 10.3 Å². The van der Waals surface area contributed by atoms with Gasteiger partial charge in [-0.25, -0.2) is 9.78 Å². The Bertz CT molecular complexity index is 781. The molecule has 0 saturated heterocycles. The molecule has 10 heteroatoms. The van der Waals surface area contributed by atoms with Crippen LogP contribution >= 0.6 is 0 Å². The molecule has 0 spiro atoms. The zero-order chi connectivity index (χ0) is 18.6. The molecule has 0 fully saturated rings. The third-order valence-electron chi connectivity index (χ3n) is 3.51. The number of carboxylic acid groups (broad SMARTS) is 1. The first kappa shape index (κ1) is 18.2. The number of pyridine rings is 1. The highest BCUT2D eigenvalue weighted by atomic mass is 16.4. The van der Waals surface area contributed by atoms with Crippen LogP contribution in [0.25, 0.3) is 0 Å². The first-order chi connectivity index (χ1) is 11.8. The maximum atomic E-state index is 12.2. The number of anilines is 1. The van der Waals surface area contributed by atoms with E-state index in [0.717, 1.165) is 0 Å². The van der Waals surface area contributed by atoms with E-state index in [9.17, 15) is 24.7 Å². The lowest BCUT2D eigenvalue weighted by atomic mass is 9.75. The number of aromatic nitrogens is 1. The number of nitrogens with two attached hydrogens (primary N) is 1. The van der Waals surface area contributed by atoms with Crippen molar-refractivity contribution in [1.82, 2.24) is 10.3 Å². The van der Waals surface area contributed by atoms with Gasteiger partial charge in [0.05, 0.1) is 11.5 Å². The van der Waals surface area contributed by atoms with Crippen LogP contribution in [0.4, 0.5) is 5.82 Å². The average Bonchev–Trinajstić information content (AvgIpc) is 2.56. The Balaban J connectivity index is 2.19. The van der Waals surface area contributed by atoms with Crippen LogP contribution in [0.5, 0.6) is 5.75 Å². The van der Waals surface area contributed by atoms with E-state index in [1.54, 1.807) is 0 Å². The summed E-state index contributed by atoms with van der Waals surface area (Å²) in [7, 11) is -1.93. The number of carbonyl (C=O) groups excluding carboxylic acids is 1. The van der Waals surface area contributed by atoms with Gasteiger partial charge in [0.2, 0.25) is 0 Å². The SMILES string of the molecule is Nc1ccc(C(=O)NC(Cc2cccc(C(=O)O)c2O)B(O)O)cn1. The fourth-order valence-electron chi connectivity index (χ4n) is 2.19. The van der Waals surface area contributed by atoms with Crippen LogP contribution in [-0.2, 0) is 6.42 Å². The molecule has 1 heterocycles. The first-order valence-electron chi connectivity index (χ1n) is 7.22. The van der Waals surface area contributed by atoms with Crippen molar-refractivity contribution >= 4 is 24.8 Å². The third kappa shape index (κ3) is 4.46. The van der Waals surface area contributed by atoms with Gasteiger partial charge in [0.15, 0.2) is 0 Å². The lowest BCUT2D eigenvalue weighted by Crippen LogP contribution is -2.48. The van der Waals surface area contributed by atoms with Crippen molar-refractivity contribution in [2.45, 2.75) is 12.4 Å². The Morgan fingerprint density at radius 1 is 1.24 bits per heavy atom. The number of hydrogen-bond acceptors (Lipinski definition) is 7. The summed E-state index contributed by atoms with van der Waals surface area (Å²) < 4.78 is 0. The van der Waals surface area contributed by atoms with Crippen molar-refractivity contribution in [2.24, 2.45) is 0 Å². The Labute approximate surface area is 142 Å². The van der Waals surface area contributed by atoms with E-state index >= 15 is 0 Å². The number of phenols is 1. The summed E-state index contributed by atoms with van der Waals surface area (Å²) >= 11 is 0. The molecule has 0 saturated carbocycles. The lowest BCUT2D eigenvalue weighted by molar-refractivity contribution is 0.0693. The van der Waals surface area contributed by atoms with Crippen molar-refractivity contribution in [3.05, 3.63) is 53.2 Å². The quantitative estimate of drug-likeness (QED) is 0.378. The van der Waals surface area contributed by atoms with Crippen molar-refractivity contribution in [3.63, 3.8) is 0 Å². The molecule has 1 aromatic heterocycles. The second-order valence-electron chi connectivity index (χ2n) is 5.29. The van der Waals surface area contributed by atoms with Crippen LogP contribution in [-0.4, -0.2) is 50.2 Å². The summed E-state index contributed by atoms with van der Waals surface area (Å²) in [4.78, 5) is 27.0. The number of amides is 1. The fourth-order valence-corrected chi connectivity index (χ4v) is 2.19. The molecule has 1 atom stereocenters. The molecule has 0 aliphatic heterocycles. The number of hydrogen-bond donors (Lipinski definition) is 6. The molecule has 2 rings (SSSR count). The molecule has 0 radical (unpaired) electrons. The third-order valence-corrected chi connectivity index (χ3v) is 3.51.